The Kier molecular flexibility index (Phi) is 3.34. The summed E-state index contributed by atoms with van der Waals surface area (Å²) in [6, 6.07) is 6.37. The molecule has 1 aliphatic heterocycles. The first-order valence-corrected chi connectivity index (χ1v) is 5.07. The molecule has 0 amide bonds. The van der Waals surface area contributed by atoms with Crippen molar-refractivity contribution < 1.29 is 13.9 Å². The quantitative estimate of drug-likeness (QED) is 0.745. The normalized spacial score (nSPS) is 22.9. The van der Waals surface area contributed by atoms with Gasteiger partial charge in [-0.1, -0.05) is 12.1 Å². The van der Waals surface area contributed by atoms with Crippen LogP contribution in [0, 0.1) is 11.9 Å². The zero-order chi connectivity index (χ0) is 10.7. The second kappa shape index (κ2) is 4.73. The molecule has 1 saturated heterocycles. The molecule has 1 aromatic carbocycles. The van der Waals surface area contributed by atoms with Crippen LogP contribution in [-0.2, 0) is 9.47 Å². The van der Waals surface area contributed by atoms with Gasteiger partial charge in [0.25, 0.3) is 0 Å². The number of ether oxygens (including phenoxy) is 2. The van der Waals surface area contributed by atoms with Crippen molar-refractivity contribution in [3.8, 4) is 0 Å². The predicted molar refractivity (Wildman–Crippen MR) is 54.7 cm³/mol. The summed E-state index contributed by atoms with van der Waals surface area (Å²) in [6.45, 7) is 0.672. The van der Waals surface area contributed by atoms with Crippen LogP contribution >= 0.6 is 0 Å². The maximum absolute atomic E-state index is 12.7. The van der Waals surface area contributed by atoms with Crippen molar-refractivity contribution in [1.82, 2.24) is 0 Å². The smallest absolute Gasteiger partial charge is 0.129 e. The van der Waals surface area contributed by atoms with Gasteiger partial charge in [0.1, 0.15) is 11.9 Å². The second-order valence-electron chi connectivity index (χ2n) is 3.63. The summed E-state index contributed by atoms with van der Waals surface area (Å²) in [5, 5.41) is 0. The van der Waals surface area contributed by atoms with Crippen molar-refractivity contribution in [3.63, 3.8) is 0 Å². The van der Waals surface area contributed by atoms with Crippen LogP contribution in [0.3, 0.4) is 0 Å². The summed E-state index contributed by atoms with van der Waals surface area (Å²) < 4.78 is 23.6. The zero-order valence-corrected chi connectivity index (χ0v) is 8.70. The molecule has 1 aliphatic rings. The van der Waals surface area contributed by atoms with Gasteiger partial charge in [0.15, 0.2) is 0 Å². The van der Waals surface area contributed by atoms with Gasteiger partial charge in [-0.15, -0.1) is 0 Å². The third-order valence-electron chi connectivity index (χ3n) is 2.63. The number of halogens is 1. The van der Waals surface area contributed by atoms with Crippen LogP contribution in [-0.4, -0.2) is 19.8 Å². The zero-order valence-electron chi connectivity index (χ0n) is 8.70. The molecule has 0 N–H and O–H groups in total. The van der Waals surface area contributed by atoms with E-state index >= 15 is 0 Å². The minimum Gasteiger partial charge on any atom is -0.381 e. The van der Waals surface area contributed by atoms with Crippen LogP contribution in [0.2, 0.25) is 0 Å². The van der Waals surface area contributed by atoms with Crippen LogP contribution in [0.4, 0.5) is 4.39 Å². The average Bonchev–Trinajstić information content (AvgIpc) is 2.30. The molecule has 2 rings (SSSR count). The molecule has 1 radical (unpaired) electrons. The minimum absolute atomic E-state index is 0.221. The Balaban J connectivity index is 2.06. The molecule has 0 spiro atoms. The highest BCUT2D eigenvalue weighted by atomic mass is 19.1. The number of hydrogen-bond acceptors (Lipinski definition) is 2. The Labute approximate surface area is 89.0 Å². The Bertz CT molecular complexity index is 310. The van der Waals surface area contributed by atoms with Crippen LogP contribution in [0.1, 0.15) is 18.4 Å². The van der Waals surface area contributed by atoms with E-state index in [1.165, 1.54) is 12.1 Å². The van der Waals surface area contributed by atoms with Gasteiger partial charge in [-0.25, -0.2) is 4.39 Å². The molecule has 1 fully saturated rings. The molecule has 0 aromatic heterocycles. The lowest BCUT2D eigenvalue weighted by atomic mass is 9.99. The fourth-order valence-corrected chi connectivity index (χ4v) is 1.72. The number of rotatable bonds is 2. The molecule has 1 atom stereocenters. The van der Waals surface area contributed by atoms with Gasteiger partial charge in [-0.05, 0) is 24.1 Å². The Morgan fingerprint density at radius 1 is 1.33 bits per heavy atom. The van der Waals surface area contributed by atoms with Gasteiger partial charge < -0.3 is 9.47 Å². The summed E-state index contributed by atoms with van der Waals surface area (Å²) in [5.74, 6) is -0.224. The van der Waals surface area contributed by atoms with E-state index in [4.69, 9.17) is 9.47 Å². The van der Waals surface area contributed by atoms with Crippen LogP contribution in [0.25, 0.3) is 0 Å². The summed E-state index contributed by atoms with van der Waals surface area (Å²) in [4.78, 5) is 0. The molecule has 0 saturated carbocycles. The van der Waals surface area contributed by atoms with Gasteiger partial charge in [0, 0.05) is 13.5 Å². The topological polar surface area (TPSA) is 18.5 Å². The van der Waals surface area contributed by atoms with Crippen molar-refractivity contribution in [2.24, 2.45) is 0 Å². The highest BCUT2D eigenvalue weighted by Crippen LogP contribution is 2.28. The van der Waals surface area contributed by atoms with E-state index < -0.39 is 0 Å². The van der Waals surface area contributed by atoms with E-state index in [-0.39, 0.29) is 11.9 Å². The Morgan fingerprint density at radius 2 is 2.07 bits per heavy atom. The monoisotopic (exact) mass is 209 g/mol. The average molecular weight is 209 g/mol. The molecule has 15 heavy (non-hydrogen) atoms. The van der Waals surface area contributed by atoms with E-state index in [0.29, 0.717) is 6.61 Å². The lowest BCUT2D eigenvalue weighted by molar-refractivity contribution is 0.00193. The van der Waals surface area contributed by atoms with E-state index in [1.807, 2.05) is 0 Å². The SMILES string of the molecule is COC1CCO[C](c2ccc(F)cc2)C1. The Morgan fingerprint density at radius 3 is 2.73 bits per heavy atom. The van der Waals surface area contributed by atoms with Crippen molar-refractivity contribution in [1.29, 1.82) is 0 Å². The first kappa shape index (κ1) is 10.6. The van der Waals surface area contributed by atoms with Gasteiger partial charge in [-0.3, -0.25) is 0 Å². The lowest BCUT2D eigenvalue weighted by Crippen LogP contribution is -2.25. The predicted octanol–water partition coefficient (Wildman–Crippen LogP) is 2.53. The number of benzene rings is 1. The third kappa shape index (κ3) is 2.55. The summed E-state index contributed by atoms with van der Waals surface area (Å²) in [6.07, 6.45) is 2.80. The summed E-state index contributed by atoms with van der Waals surface area (Å²) in [7, 11) is 1.71. The Hall–Kier alpha value is -0.930. The molecule has 3 heteroatoms. The second-order valence-corrected chi connectivity index (χ2v) is 3.63. The molecular weight excluding hydrogens is 195 g/mol. The van der Waals surface area contributed by atoms with Crippen molar-refractivity contribution in [3.05, 3.63) is 41.8 Å². The highest BCUT2D eigenvalue weighted by Gasteiger charge is 2.24. The lowest BCUT2D eigenvalue weighted by Gasteiger charge is -2.27. The van der Waals surface area contributed by atoms with Crippen LogP contribution in [0.5, 0.6) is 0 Å². The standard InChI is InChI=1S/C12H14FO2/c1-14-11-6-7-15-12(8-11)9-2-4-10(13)5-3-9/h2-5,11H,6-8H2,1H3. The highest BCUT2D eigenvalue weighted by molar-refractivity contribution is 5.28. The minimum atomic E-state index is -0.224. The fourth-order valence-electron chi connectivity index (χ4n) is 1.72. The van der Waals surface area contributed by atoms with E-state index in [0.717, 1.165) is 24.5 Å². The van der Waals surface area contributed by atoms with Gasteiger partial charge >= 0.3 is 0 Å². The number of methoxy groups -OCH3 is 1. The summed E-state index contributed by atoms with van der Waals surface area (Å²) >= 11 is 0. The maximum Gasteiger partial charge on any atom is 0.129 e. The van der Waals surface area contributed by atoms with Crippen LogP contribution in [0.15, 0.2) is 24.3 Å². The fraction of sp³-hybridized carbons (Fsp3) is 0.417. The third-order valence-corrected chi connectivity index (χ3v) is 2.63. The van der Waals surface area contributed by atoms with Crippen molar-refractivity contribution in [2.75, 3.05) is 13.7 Å². The molecule has 0 aliphatic carbocycles. The maximum atomic E-state index is 12.7. The van der Waals surface area contributed by atoms with E-state index in [1.54, 1.807) is 19.2 Å². The van der Waals surface area contributed by atoms with Gasteiger partial charge in [0.05, 0.1) is 12.7 Å². The first-order chi connectivity index (χ1) is 7.29. The van der Waals surface area contributed by atoms with Crippen LogP contribution < -0.4 is 0 Å². The molecule has 1 unspecified atom stereocenters. The van der Waals surface area contributed by atoms with Crippen molar-refractivity contribution >= 4 is 0 Å². The van der Waals surface area contributed by atoms with E-state index in [9.17, 15) is 4.39 Å². The molecular formula is C12H14FO2. The molecule has 2 nitrogen and oxygen atoms in total. The molecule has 1 heterocycles. The molecule has 81 valence electrons. The number of hydrogen-bond donors (Lipinski definition) is 0. The summed E-state index contributed by atoms with van der Waals surface area (Å²) in [5.41, 5.74) is 0.943. The first-order valence-electron chi connectivity index (χ1n) is 5.07. The molecule has 1 aromatic rings. The van der Waals surface area contributed by atoms with Crippen molar-refractivity contribution in [2.45, 2.75) is 18.9 Å². The van der Waals surface area contributed by atoms with Gasteiger partial charge in [-0.2, -0.15) is 0 Å². The van der Waals surface area contributed by atoms with E-state index in [2.05, 4.69) is 0 Å². The van der Waals surface area contributed by atoms with Gasteiger partial charge in [0.2, 0.25) is 0 Å². The largest absolute Gasteiger partial charge is 0.381 e. The molecule has 0 bridgehead atoms.